The molecule has 1 aromatic heterocycles. The summed E-state index contributed by atoms with van der Waals surface area (Å²) < 4.78 is 24.6. The molecule has 42 heavy (non-hydrogen) atoms. The van der Waals surface area contributed by atoms with Gasteiger partial charge in [0.1, 0.15) is 30.9 Å². The van der Waals surface area contributed by atoms with Crippen molar-refractivity contribution in [3.63, 3.8) is 0 Å². The van der Waals surface area contributed by atoms with Gasteiger partial charge in [0.05, 0.1) is 30.1 Å². The first-order valence-corrected chi connectivity index (χ1v) is 14.8. The number of esters is 2. The highest BCUT2D eigenvalue weighted by molar-refractivity contribution is 5.87. The highest BCUT2D eigenvalue weighted by Gasteiger charge is 2.76. The third-order valence-corrected chi connectivity index (χ3v) is 11.3. The van der Waals surface area contributed by atoms with Crippen LogP contribution in [0.1, 0.15) is 79.2 Å². The minimum absolute atomic E-state index is 0.00612. The molecule has 228 valence electrons. The molecule has 1 aromatic rings. The number of carbonyl (C=O) groups is 4. The van der Waals surface area contributed by atoms with Gasteiger partial charge >= 0.3 is 11.9 Å². The number of furan rings is 1. The van der Waals surface area contributed by atoms with E-state index in [-0.39, 0.29) is 24.9 Å². The molecule has 0 amide bonds. The summed E-state index contributed by atoms with van der Waals surface area (Å²) in [6, 6.07) is 1.92. The zero-order valence-corrected chi connectivity index (χ0v) is 25.4. The van der Waals surface area contributed by atoms with Crippen molar-refractivity contribution in [1.82, 2.24) is 0 Å². The van der Waals surface area contributed by atoms with E-state index in [0.717, 1.165) is 35.7 Å². The highest BCUT2D eigenvalue weighted by Crippen LogP contribution is 2.72. The molecule has 3 fully saturated rings. The van der Waals surface area contributed by atoms with Gasteiger partial charge in [-0.1, -0.05) is 25.5 Å². The van der Waals surface area contributed by atoms with Crippen LogP contribution in [0.25, 0.3) is 0 Å². The number of aliphatic hydroxyl groups excluding tert-OH is 1. The van der Waals surface area contributed by atoms with Crippen LogP contribution in [0, 0.1) is 28.1 Å². The van der Waals surface area contributed by atoms with Crippen molar-refractivity contribution in [3.8, 4) is 0 Å². The van der Waals surface area contributed by atoms with Crippen molar-refractivity contribution in [3.05, 3.63) is 47.0 Å². The largest absolute Gasteiger partial charge is 0.472 e. The van der Waals surface area contributed by atoms with Crippen molar-refractivity contribution < 1.29 is 42.9 Å². The van der Waals surface area contributed by atoms with Gasteiger partial charge in [-0.2, -0.15) is 0 Å². The Labute approximate surface area is 246 Å². The Morgan fingerprint density at radius 1 is 1.17 bits per heavy atom. The lowest BCUT2D eigenvalue weighted by Gasteiger charge is -2.66. The van der Waals surface area contributed by atoms with Crippen LogP contribution in [0.5, 0.6) is 0 Å². The van der Waals surface area contributed by atoms with E-state index >= 15 is 0 Å². The molecule has 1 saturated heterocycles. The molecule has 5 rings (SSSR count). The summed E-state index contributed by atoms with van der Waals surface area (Å²) in [5, 5.41) is 11.5. The molecule has 4 aliphatic rings. The lowest BCUT2D eigenvalue weighted by atomic mass is 9.39. The number of hydrogen-bond acceptors (Lipinski definition) is 9. The molecule has 2 heterocycles. The Bertz CT molecular complexity index is 1330. The molecular formula is C33H42O9. The van der Waals surface area contributed by atoms with Crippen LogP contribution in [0.4, 0.5) is 0 Å². The molecule has 9 heteroatoms. The number of allylic oxidation sites excluding steroid dienone is 2. The highest BCUT2D eigenvalue weighted by atomic mass is 16.6. The molecule has 9 nitrogen and oxygen atoms in total. The van der Waals surface area contributed by atoms with E-state index in [1.807, 2.05) is 13.0 Å². The average Bonchev–Trinajstić information content (AvgIpc) is 3.66. The van der Waals surface area contributed by atoms with Crippen molar-refractivity contribution in [2.45, 2.75) is 104 Å². The van der Waals surface area contributed by atoms with Gasteiger partial charge in [-0.25, -0.2) is 4.79 Å². The van der Waals surface area contributed by atoms with Gasteiger partial charge in [-0.05, 0) is 57.2 Å². The van der Waals surface area contributed by atoms with Crippen LogP contribution in [-0.4, -0.2) is 60.1 Å². The lowest BCUT2D eigenvalue weighted by molar-refractivity contribution is -0.278. The molecule has 1 aliphatic heterocycles. The van der Waals surface area contributed by atoms with E-state index in [4.69, 9.17) is 18.6 Å². The molecule has 11 atom stereocenters. The average molecular weight is 583 g/mol. The second-order valence-corrected chi connectivity index (χ2v) is 13.3. The Morgan fingerprint density at radius 2 is 1.88 bits per heavy atom. The van der Waals surface area contributed by atoms with E-state index in [9.17, 15) is 24.3 Å². The zero-order valence-electron chi connectivity index (χ0n) is 25.4. The monoisotopic (exact) mass is 582 g/mol. The quantitative estimate of drug-likeness (QED) is 0.214. The molecule has 2 saturated carbocycles. The Kier molecular flexibility index (Phi) is 7.67. The van der Waals surface area contributed by atoms with Crippen molar-refractivity contribution >= 4 is 24.5 Å². The smallest absolute Gasteiger partial charge is 0.333 e. The first kappa shape index (κ1) is 30.4. The Balaban J connectivity index is 1.76. The van der Waals surface area contributed by atoms with Gasteiger partial charge in [-0.3, -0.25) is 4.79 Å². The molecule has 0 aromatic carbocycles. The van der Waals surface area contributed by atoms with Gasteiger partial charge in [-0.15, -0.1) is 0 Å². The van der Waals surface area contributed by atoms with Crippen molar-refractivity contribution in [1.29, 1.82) is 0 Å². The molecule has 0 bridgehead atoms. The van der Waals surface area contributed by atoms with Crippen LogP contribution in [0.15, 0.2) is 45.8 Å². The molecule has 0 unspecified atom stereocenters. The van der Waals surface area contributed by atoms with E-state index in [2.05, 4.69) is 13.8 Å². The summed E-state index contributed by atoms with van der Waals surface area (Å²) in [5.41, 5.74) is 0.302. The fourth-order valence-electron chi connectivity index (χ4n) is 9.30. The minimum atomic E-state index is -1.38. The summed E-state index contributed by atoms with van der Waals surface area (Å²) in [5.74, 6) is -2.43. The van der Waals surface area contributed by atoms with E-state index in [1.54, 1.807) is 39.4 Å². The maximum Gasteiger partial charge on any atom is 0.333 e. The van der Waals surface area contributed by atoms with Gasteiger partial charge < -0.3 is 33.3 Å². The normalized spacial score (nSPS) is 42.8. The zero-order chi connectivity index (χ0) is 30.8. The summed E-state index contributed by atoms with van der Waals surface area (Å²) >= 11 is 0. The van der Waals surface area contributed by atoms with Crippen LogP contribution >= 0.6 is 0 Å². The first-order chi connectivity index (χ1) is 19.8. The third kappa shape index (κ3) is 4.10. The van der Waals surface area contributed by atoms with E-state index in [0.29, 0.717) is 5.57 Å². The SMILES string of the molecule is C/C=C(\C)C(=O)O[C@H]1C[C@@H](O)[C@@](C)(C=O)[C@@H]2[C@@H](OC(C)=O)[C@H]3O[C@H]4C(=C(C)C[C@@H]4c4ccoc4)[C@@]3(C)[C@H](CC=O)[C@@]12C. The molecular weight excluding hydrogens is 540 g/mol. The predicted molar refractivity (Wildman–Crippen MR) is 151 cm³/mol. The minimum Gasteiger partial charge on any atom is -0.472 e. The van der Waals surface area contributed by atoms with Crippen molar-refractivity contribution in [2.75, 3.05) is 0 Å². The van der Waals surface area contributed by atoms with Crippen LogP contribution in [-0.2, 0) is 33.4 Å². The van der Waals surface area contributed by atoms with Gasteiger partial charge in [0.15, 0.2) is 0 Å². The van der Waals surface area contributed by atoms with Crippen molar-refractivity contribution in [2.24, 2.45) is 28.1 Å². The number of ether oxygens (including phenoxy) is 3. The summed E-state index contributed by atoms with van der Waals surface area (Å²) in [6.45, 7) is 12.4. The summed E-state index contributed by atoms with van der Waals surface area (Å²) in [6.07, 6.45) is 3.28. The van der Waals surface area contributed by atoms with E-state index in [1.165, 1.54) is 6.92 Å². The van der Waals surface area contributed by atoms with Gasteiger partial charge in [0.2, 0.25) is 0 Å². The topological polar surface area (TPSA) is 129 Å². The predicted octanol–water partition coefficient (Wildman–Crippen LogP) is 4.48. The summed E-state index contributed by atoms with van der Waals surface area (Å²) in [4.78, 5) is 51.4. The van der Waals surface area contributed by atoms with Crippen LogP contribution < -0.4 is 0 Å². The molecule has 1 N–H and O–H groups in total. The fourth-order valence-corrected chi connectivity index (χ4v) is 9.30. The number of carbonyl (C=O) groups excluding carboxylic acids is 4. The number of fused-ring (bicyclic) bond motifs is 4. The number of aldehydes is 2. The maximum atomic E-state index is 13.2. The maximum absolute atomic E-state index is 13.2. The number of hydrogen-bond donors (Lipinski definition) is 1. The Morgan fingerprint density at radius 3 is 2.45 bits per heavy atom. The van der Waals surface area contributed by atoms with Crippen LogP contribution in [0.3, 0.4) is 0 Å². The Hall–Kier alpha value is -3.04. The second kappa shape index (κ2) is 10.6. The molecule has 3 aliphatic carbocycles. The van der Waals surface area contributed by atoms with Crippen LogP contribution in [0.2, 0.25) is 0 Å². The van der Waals surface area contributed by atoms with E-state index < -0.39 is 64.4 Å². The molecule has 0 spiro atoms. The summed E-state index contributed by atoms with van der Waals surface area (Å²) in [7, 11) is 0. The first-order valence-electron chi connectivity index (χ1n) is 14.8. The molecule has 0 radical (unpaired) electrons. The standard InChI is InChI=1S/C33H42O9/c1-8-17(2)30(38)41-24-14-23(37)31(5,16-35)28-27(40-19(4)36)29-33(7,22(9-11-34)32(24,28)6)25-18(3)13-21(26(25)42-29)20-10-12-39-15-20/h8,10-12,15-16,21-24,26-29,37H,9,13-14H2,1-7H3/b17-8+/t21-,22-,23-,24+,26-,27-,28+,29-,31-,32+,33-/m1/s1. The number of aliphatic hydroxyl groups is 1. The second-order valence-electron chi connectivity index (χ2n) is 13.3. The third-order valence-electron chi connectivity index (χ3n) is 11.3. The number of rotatable bonds is 7. The lowest BCUT2D eigenvalue weighted by Crippen LogP contribution is -2.73. The van der Waals surface area contributed by atoms with Gasteiger partial charge in [0.25, 0.3) is 0 Å². The van der Waals surface area contributed by atoms with Gasteiger partial charge in [0, 0.05) is 48.0 Å². The fraction of sp³-hybridized carbons (Fsp3) is 0.636.